The number of hydrogen-bond donors (Lipinski definition) is 1. The Hall–Kier alpha value is -0.890. The Bertz CT molecular complexity index is 333. The van der Waals surface area contributed by atoms with Crippen molar-refractivity contribution in [2.24, 2.45) is 0 Å². The lowest BCUT2D eigenvalue weighted by molar-refractivity contribution is -0.147. The van der Waals surface area contributed by atoms with Gasteiger partial charge in [0, 0.05) is 30.7 Å². The second kappa shape index (κ2) is 5.18. The number of likely N-dealkylation sites (tertiary alicyclic amines) is 1. The van der Waals surface area contributed by atoms with E-state index in [-0.39, 0.29) is 6.04 Å². The van der Waals surface area contributed by atoms with Crippen LogP contribution in [0.3, 0.4) is 0 Å². The quantitative estimate of drug-likeness (QED) is 0.908. The van der Waals surface area contributed by atoms with Gasteiger partial charge in [-0.1, -0.05) is 4.49 Å². The molecule has 1 N–H and O–H groups in total. The summed E-state index contributed by atoms with van der Waals surface area (Å²) in [6.07, 6.45) is -1.03. The van der Waals surface area contributed by atoms with Crippen LogP contribution in [0.15, 0.2) is 6.20 Å². The van der Waals surface area contributed by atoms with Gasteiger partial charge in [-0.05, 0) is 12.8 Å². The molecule has 0 amide bonds. The highest BCUT2D eigenvalue weighted by atomic mass is 32.1. The third-order valence-electron chi connectivity index (χ3n) is 2.70. The molecule has 1 aromatic heterocycles. The first-order valence-electron chi connectivity index (χ1n) is 5.36. The van der Waals surface area contributed by atoms with Gasteiger partial charge in [-0.15, -0.1) is 5.10 Å². The number of nitrogens with one attached hydrogen (secondary N) is 1. The Morgan fingerprint density at radius 3 is 2.65 bits per heavy atom. The molecule has 17 heavy (non-hydrogen) atoms. The number of hydrogen-bond acceptors (Lipinski definition) is 5. The molecule has 0 unspecified atom stereocenters. The third-order valence-corrected chi connectivity index (χ3v) is 3.29. The fraction of sp³-hybridized carbons (Fsp3) is 0.778. The van der Waals surface area contributed by atoms with Crippen LogP contribution in [-0.2, 0) is 0 Å². The van der Waals surface area contributed by atoms with E-state index in [1.54, 1.807) is 6.20 Å². The molecule has 0 spiro atoms. The molecule has 0 aromatic carbocycles. The molecule has 4 nitrogen and oxygen atoms in total. The first-order chi connectivity index (χ1) is 8.03. The normalized spacial score (nSPS) is 19.5. The van der Waals surface area contributed by atoms with Gasteiger partial charge in [0.15, 0.2) is 0 Å². The van der Waals surface area contributed by atoms with Crippen molar-refractivity contribution < 1.29 is 13.2 Å². The zero-order valence-corrected chi connectivity index (χ0v) is 9.89. The van der Waals surface area contributed by atoms with Crippen LogP contribution in [0.2, 0.25) is 0 Å². The summed E-state index contributed by atoms with van der Waals surface area (Å²) in [6, 6.07) is 0.224. The van der Waals surface area contributed by atoms with Gasteiger partial charge in [0.2, 0.25) is 0 Å². The molecule has 1 aromatic rings. The molecule has 2 heterocycles. The molecular formula is C9H13F3N4S. The molecule has 0 bridgehead atoms. The van der Waals surface area contributed by atoms with E-state index < -0.39 is 12.7 Å². The van der Waals surface area contributed by atoms with Gasteiger partial charge in [0.1, 0.15) is 5.00 Å². The van der Waals surface area contributed by atoms with Gasteiger partial charge in [-0.25, -0.2) is 0 Å². The summed E-state index contributed by atoms with van der Waals surface area (Å²) >= 11 is 1.26. The number of rotatable bonds is 3. The Kier molecular flexibility index (Phi) is 3.82. The highest BCUT2D eigenvalue weighted by molar-refractivity contribution is 7.09. The molecular weight excluding hydrogens is 253 g/mol. The van der Waals surface area contributed by atoms with Crippen LogP contribution in [0.4, 0.5) is 18.2 Å². The van der Waals surface area contributed by atoms with Crippen molar-refractivity contribution in [3.05, 3.63) is 6.20 Å². The van der Waals surface area contributed by atoms with Gasteiger partial charge in [-0.2, -0.15) is 13.2 Å². The first kappa shape index (κ1) is 12.6. The minimum Gasteiger partial charge on any atom is -0.372 e. The Balaban J connectivity index is 1.74. The van der Waals surface area contributed by atoms with Crippen molar-refractivity contribution in [1.82, 2.24) is 14.5 Å². The van der Waals surface area contributed by atoms with Gasteiger partial charge in [-0.3, -0.25) is 4.90 Å². The molecule has 0 aliphatic carbocycles. The van der Waals surface area contributed by atoms with E-state index >= 15 is 0 Å². The number of piperidine rings is 1. The van der Waals surface area contributed by atoms with Crippen molar-refractivity contribution in [3.8, 4) is 0 Å². The van der Waals surface area contributed by atoms with E-state index in [0.717, 1.165) is 5.00 Å². The minimum atomic E-state index is -4.10. The third kappa shape index (κ3) is 4.12. The number of nitrogens with zero attached hydrogens (tertiary/aromatic N) is 3. The summed E-state index contributed by atoms with van der Waals surface area (Å²) in [7, 11) is 0. The van der Waals surface area contributed by atoms with Crippen molar-refractivity contribution in [3.63, 3.8) is 0 Å². The van der Waals surface area contributed by atoms with Crippen LogP contribution < -0.4 is 5.32 Å². The number of aromatic nitrogens is 2. The fourth-order valence-corrected chi connectivity index (χ4v) is 2.42. The molecule has 1 fully saturated rings. The van der Waals surface area contributed by atoms with Crippen molar-refractivity contribution in [2.75, 3.05) is 25.0 Å². The van der Waals surface area contributed by atoms with Gasteiger partial charge in [0.25, 0.3) is 0 Å². The monoisotopic (exact) mass is 266 g/mol. The lowest BCUT2D eigenvalue weighted by Crippen LogP contribution is -2.43. The summed E-state index contributed by atoms with van der Waals surface area (Å²) in [4.78, 5) is 1.45. The zero-order chi connectivity index (χ0) is 12.3. The van der Waals surface area contributed by atoms with E-state index in [9.17, 15) is 13.2 Å². The van der Waals surface area contributed by atoms with Gasteiger partial charge < -0.3 is 5.32 Å². The van der Waals surface area contributed by atoms with Gasteiger partial charge in [0.05, 0.1) is 12.7 Å². The summed E-state index contributed by atoms with van der Waals surface area (Å²) in [5.41, 5.74) is 0. The maximum absolute atomic E-state index is 12.2. The molecule has 2 rings (SSSR count). The number of anilines is 1. The largest absolute Gasteiger partial charge is 0.401 e. The predicted molar refractivity (Wildman–Crippen MR) is 59.0 cm³/mol. The molecule has 1 aliphatic rings. The van der Waals surface area contributed by atoms with E-state index in [2.05, 4.69) is 14.9 Å². The maximum Gasteiger partial charge on any atom is 0.401 e. The number of halogens is 3. The Morgan fingerprint density at radius 1 is 1.41 bits per heavy atom. The maximum atomic E-state index is 12.2. The molecule has 1 aliphatic heterocycles. The topological polar surface area (TPSA) is 41.0 Å². The van der Waals surface area contributed by atoms with Crippen LogP contribution in [0.1, 0.15) is 12.8 Å². The fourth-order valence-electron chi connectivity index (χ4n) is 1.92. The Morgan fingerprint density at radius 2 is 2.12 bits per heavy atom. The highest BCUT2D eigenvalue weighted by Crippen LogP contribution is 2.22. The molecule has 0 saturated carbocycles. The van der Waals surface area contributed by atoms with E-state index in [1.165, 1.54) is 16.4 Å². The van der Waals surface area contributed by atoms with E-state index in [0.29, 0.717) is 25.9 Å². The summed E-state index contributed by atoms with van der Waals surface area (Å²) < 4.78 is 40.2. The van der Waals surface area contributed by atoms with E-state index in [1.807, 2.05) is 0 Å². The van der Waals surface area contributed by atoms with Crippen molar-refractivity contribution in [1.29, 1.82) is 0 Å². The van der Waals surface area contributed by atoms with Crippen LogP contribution >= 0.6 is 11.5 Å². The second-order valence-electron chi connectivity index (χ2n) is 4.09. The Labute approximate surface area is 101 Å². The van der Waals surface area contributed by atoms with E-state index in [4.69, 9.17) is 0 Å². The molecule has 1 saturated heterocycles. The lowest BCUT2D eigenvalue weighted by atomic mass is 10.1. The molecule has 8 heteroatoms. The predicted octanol–water partition coefficient (Wildman–Crippen LogP) is 1.98. The minimum absolute atomic E-state index is 0.224. The van der Waals surface area contributed by atoms with Crippen LogP contribution in [0.25, 0.3) is 0 Å². The SMILES string of the molecule is FC(F)(F)CN1CCC(Nc2cnns2)CC1. The van der Waals surface area contributed by atoms with Crippen LogP contribution in [0.5, 0.6) is 0 Å². The highest BCUT2D eigenvalue weighted by Gasteiger charge is 2.32. The summed E-state index contributed by atoms with van der Waals surface area (Å²) in [5.74, 6) is 0. The average Bonchev–Trinajstić information content (AvgIpc) is 2.71. The average molecular weight is 266 g/mol. The van der Waals surface area contributed by atoms with Gasteiger partial charge >= 0.3 is 6.18 Å². The van der Waals surface area contributed by atoms with Crippen molar-refractivity contribution in [2.45, 2.75) is 25.1 Å². The summed E-state index contributed by atoms with van der Waals surface area (Å²) in [5, 5.41) is 7.80. The zero-order valence-electron chi connectivity index (χ0n) is 9.07. The van der Waals surface area contributed by atoms with Crippen LogP contribution in [0, 0.1) is 0 Å². The summed E-state index contributed by atoms with van der Waals surface area (Å²) in [6.45, 7) is 0.147. The molecule has 0 radical (unpaired) electrons. The standard InChI is InChI=1S/C9H13F3N4S/c10-9(11,12)6-16-3-1-7(2-4-16)14-8-5-13-15-17-8/h5,7,14H,1-4,6H2. The first-order valence-corrected chi connectivity index (χ1v) is 6.13. The number of alkyl halides is 3. The molecule has 96 valence electrons. The smallest absolute Gasteiger partial charge is 0.372 e. The molecule has 0 atom stereocenters. The second-order valence-corrected chi connectivity index (χ2v) is 4.88. The lowest BCUT2D eigenvalue weighted by Gasteiger charge is -2.32. The van der Waals surface area contributed by atoms with Crippen molar-refractivity contribution >= 4 is 16.5 Å². The van der Waals surface area contributed by atoms with Crippen LogP contribution in [-0.4, -0.2) is 46.3 Å².